The molecule has 0 unspecified atom stereocenters. The van der Waals surface area contributed by atoms with E-state index in [1.165, 1.54) is 0 Å². The van der Waals surface area contributed by atoms with Gasteiger partial charge in [-0.2, -0.15) is 5.10 Å². The Morgan fingerprint density at radius 1 is 1.60 bits per heavy atom. The van der Waals surface area contributed by atoms with Crippen molar-refractivity contribution in [3.05, 3.63) is 10.3 Å². The number of nitrogens with one attached hydrogen (secondary N) is 2. The molecule has 1 rings (SSSR count). The van der Waals surface area contributed by atoms with E-state index in [4.69, 9.17) is 17.0 Å². The van der Waals surface area contributed by atoms with Crippen LogP contribution < -0.4 is 0 Å². The summed E-state index contributed by atoms with van der Waals surface area (Å²) in [5.74, 6) is -0.169. The van der Waals surface area contributed by atoms with E-state index in [0.29, 0.717) is 30.5 Å². The molecule has 0 amide bonds. The predicted octanol–water partition coefficient (Wildman–Crippen LogP) is 0.972. The Morgan fingerprint density at radius 3 is 2.87 bits per heavy atom. The second kappa shape index (κ2) is 8.04. The molecule has 0 saturated carbocycles. The summed E-state index contributed by atoms with van der Waals surface area (Å²) in [6, 6.07) is 0. The summed E-state index contributed by atoms with van der Waals surface area (Å²) in [5.41, 5.74) is 0.796. The number of H-pyrrole nitrogens is 2. The van der Waals surface area contributed by atoms with Crippen LogP contribution in [0.2, 0.25) is 0 Å². The first-order valence-corrected chi connectivity index (χ1v) is 4.92. The van der Waals surface area contributed by atoms with Crippen molar-refractivity contribution in [1.29, 1.82) is 0 Å². The van der Waals surface area contributed by atoms with E-state index in [-0.39, 0.29) is 35.5 Å². The monoisotopic (exact) mass is 238 g/mol. The van der Waals surface area contributed by atoms with Crippen molar-refractivity contribution < 1.29 is 9.53 Å². The number of rotatable bonds is 5. The molecule has 2 N–H and O–H groups in total. The predicted molar refractivity (Wildman–Crippen MR) is 59.1 cm³/mol. The van der Waals surface area contributed by atoms with Crippen LogP contribution in [0.1, 0.15) is 25.5 Å². The Hall–Kier alpha value is -0.170. The van der Waals surface area contributed by atoms with Crippen LogP contribution in [0.15, 0.2) is 0 Å². The third kappa shape index (κ3) is 5.46. The molecule has 0 aromatic carbocycles. The number of hydrogen-bond donors (Lipinski definition) is 2. The Bertz CT molecular complexity index is 350. The summed E-state index contributed by atoms with van der Waals surface area (Å²) >= 11 is 4.95. The van der Waals surface area contributed by atoms with Crippen molar-refractivity contribution in [3.8, 4) is 0 Å². The van der Waals surface area contributed by atoms with Crippen molar-refractivity contribution in [3.63, 3.8) is 0 Å². The summed E-state index contributed by atoms with van der Waals surface area (Å²) in [5, 5.41) is 9.18. The third-order valence-electron chi connectivity index (χ3n) is 1.72. The zero-order chi connectivity index (χ0) is 10.4. The topological polar surface area (TPSA) is 70.8 Å². The summed E-state index contributed by atoms with van der Waals surface area (Å²) < 4.78 is 5.40. The molecule has 0 aliphatic rings. The van der Waals surface area contributed by atoms with E-state index in [2.05, 4.69) is 15.4 Å². The number of aromatic nitrogens is 3. The quantitative estimate of drug-likeness (QED) is 0.455. The van der Waals surface area contributed by atoms with E-state index in [1.54, 1.807) is 6.92 Å². The van der Waals surface area contributed by atoms with Crippen LogP contribution in [0.3, 0.4) is 0 Å². The molecule has 7 heteroatoms. The SMILES string of the molecule is CCOC(=O)CCCc1n[nH][nH]c1=S.[Na]. The summed E-state index contributed by atoms with van der Waals surface area (Å²) in [6.07, 6.45) is 1.81. The van der Waals surface area contributed by atoms with Gasteiger partial charge in [0.1, 0.15) is 4.64 Å². The fourth-order valence-corrected chi connectivity index (χ4v) is 1.27. The van der Waals surface area contributed by atoms with Gasteiger partial charge in [0.05, 0.1) is 12.3 Å². The molecule has 5 nitrogen and oxygen atoms in total. The largest absolute Gasteiger partial charge is 0.466 e. The molecular weight excluding hydrogens is 225 g/mol. The minimum atomic E-state index is -0.169. The Labute approximate surface area is 115 Å². The zero-order valence-electron chi connectivity index (χ0n) is 9.00. The first kappa shape index (κ1) is 14.8. The van der Waals surface area contributed by atoms with Gasteiger partial charge in [-0.25, -0.2) is 5.21 Å². The van der Waals surface area contributed by atoms with Gasteiger partial charge in [0, 0.05) is 36.0 Å². The molecule has 0 atom stereocenters. The molecule has 0 fully saturated rings. The number of carbonyl (C=O) groups excluding carboxylic acids is 1. The minimum absolute atomic E-state index is 0. The molecule has 0 aliphatic carbocycles. The van der Waals surface area contributed by atoms with Gasteiger partial charge < -0.3 is 4.74 Å². The summed E-state index contributed by atoms with van der Waals surface area (Å²) in [6.45, 7) is 2.23. The number of esters is 1. The van der Waals surface area contributed by atoms with Gasteiger partial charge in [-0.05, 0) is 19.8 Å². The van der Waals surface area contributed by atoms with E-state index in [9.17, 15) is 4.79 Å². The van der Waals surface area contributed by atoms with Crippen LogP contribution in [-0.4, -0.2) is 57.5 Å². The normalized spacial score (nSPS) is 9.40. The van der Waals surface area contributed by atoms with Crippen molar-refractivity contribution in [1.82, 2.24) is 15.4 Å². The number of carbonyl (C=O) groups is 1. The maximum absolute atomic E-state index is 11.0. The molecule has 1 radical (unpaired) electrons. The Kier molecular flexibility index (Phi) is 7.95. The molecule has 79 valence electrons. The molecule has 1 heterocycles. The molecule has 0 saturated heterocycles. The molecule has 15 heavy (non-hydrogen) atoms. The second-order valence-electron chi connectivity index (χ2n) is 2.78. The minimum Gasteiger partial charge on any atom is -0.466 e. The standard InChI is InChI=1S/C8H13N3O2S.Na/c1-2-13-7(12)5-3-4-6-8(14)10-11-9-6;/h2-5H2,1H3,(H2,9,10,11,14);. The van der Waals surface area contributed by atoms with Crippen molar-refractivity contribution in [2.24, 2.45) is 0 Å². The maximum atomic E-state index is 11.0. The number of nitrogens with zero attached hydrogens (tertiary/aromatic N) is 1. The van der Waals surface area contributed by atoms with Gasteiger partial charge in [0.2, 0.25) is 0 Å². The van der Waals surface area contributed by atoms with Crippen LogP contribution in [0.25, 0.3) is 0 Å². The summed E-state index contributed by atoms with van der Waals surface area (Å²) in [4.78, 5) is 11.0. The van der Waals surface area contributed by atoms with Gasteiger partial charge in [-0.3, -0.25) is 9.89 Å². The molecule has 1 aromatic heterocycles. The van der Waals surface area contributed by atoms with Crippen LogP contribution in [0.4, 0.5) is 0 Å². The second-order valence-corrected chi connectivity index (χ2v) is 3.19. The average Bonchev–Trinajstić information content (AvgIpc) is 2.52. The van der Waals surface area contributed by atoms with Gasteiger partial charge in [-0.15, -0.1) is 0 Å². The van der Waals surface area contributed by atoms with Gasteiger partial charge in [0.15, 0.2) is 0 Å². The Balaban J connectivity index is 0.00000196. The Morgan fingerprint density at radius 2 is 2.33 bits per heavy atom. The molecule has 0 spiro atoms. The number of ether oxygens (including phenoxy) is 1. The van der Waals surface area contributed by atoms with Crippen molar-refractivity contribution in [2.75, 3.05) is 6.61 Å². The van der Waals surface area contributed by atoms with Crippen LogP contribution >= 0.6 is 12.2 Å². The summed E-state index contributed by atoms with van der Waals surface area (Å²) in [7, 11) is 0. The molecular formula is C8H13N3NaO2S. The molecule has 0 aliphatic heterocycles. The zero-order valence-corrected chi connectivity index (χ0v) is 11.8. The number of hydrogen-bond acceptors (Lipinski definition) is 4. The molecule has 0 bridgehead atoms. The van der Waals surface area contributed by atoms with Crippen molar-refractivity contribution in [2.45, 2.75) is 26.2 Å². The maximum Gasteiger partial charge on any atom is 0.305 e. The van der Waals surface area contributed by atoms with E-state index >= 15 is 0 Å². The van der Waals surface area contributed by atoms with Gasteiger partial charge in [-0.1, -0.05) is 12.2 Å². The van der Waals surface area contributed by atoms with Crippen LogP contribution in [0.5, 0.6) is 0 Å². The first-order valence-electron chi connectivity index (χ1n) is 4.51. The van der Waals surface area contributed by atoms with E-state index in [1.807, 2.05) is 0 Å². The number of aryl methyl sites for hydroxylation is 1. The van der Waals surface area contributed by atoms with Crippen LogP contribution in [0, 0.1) is 4.64 Å². The molecule has 1 aromatic rings. The van der Waals surface area contributed by atoms with E-state index in [0.717, 1.165) is 5.69 Å². The van der Waals surface area contributed by atoms with Gasteiger partial charge >= 0.3 is 5.97 Å². The fraction of sp³-hybridized carbons (Fsp3) is 0.625. The van der Waals surface area contributed by atoms with Crippen molar-refractivity contribution >= 4 is 47.7 Å². The third-order valence-corrected chi connectivity index (χ3v) is 2.06. The smallest absolute Gasteiger partial charge is 0.305 e. The average molecular weight is 238 g/mol. The fourth-order valence-electron chi connectivity index (χ4n) is 1.07. The number of aromatic amines is 2. The van der Waals surface area contributed by atoms with Crippen LogP contribution in [-0.2, 0) is 16.0 Å². The first-order chi connectivity index (χ1) is 6.74. The van der Waals surface area contributed by atoms with Gasteiger partial charge in [0.25, 0.3) is 0 Å². The van der Waals surface area contributed by atoms with E-state index < -0.39 is 0 Å².